The largest absolute Gasteiger partial charge is 0.201 e. The second-order valence-electron chi connectivity index (χ2n) is 3.99. The van der Waals surface area contributed by atoms with Crippen LogP contribution < -0.4 is 4.57 Å². The maximum atomic E-state index is 3.75. The Morgan fingerprint density at radius 1 is 1.06 bits per heavy atom. The van der Waals surface area contributed by atoms with Crippen LogP contribution in [-0.4, -0.2) is 0 Å². The van der Waals surface area contributed by atoms with Gasteiger partial charge in [0, 0.05) is 17.7 Å². The van der Waals surface area contributed by atoms with Gasteiger partial charge in [-0.3, -0.25) is 0 Å². The van der Waals surface area contributed by atoms with Crippen LogP contribution in [0.4, 0.5) is 0 Å². The molecule has 0 saturated heterocycles. The molecule has 1 aromatic heterocycles. The van der Waals surface area contributed by atoms with Gasteiger partial charge >= 0.3 is 0 Å². The van der Waals surface area contributed by atoms with E-state index >= 15 is 0 Å². The summed E-state index contributed by atoms with van der Waals surface area (Å²) in [4.78, 5) is 0. The van der Waals surface area contributed by atoms with Gasteiger partial charge in [-0.1, -0.05) is 36.9 Å². The van der Waals surface area contributed by atoms with Crippen molar-refractivity contribution >= 4 is 6.08 Å². The minimum absolute atomic E-state index is 0.914. The van der Waals surface area contributed by atoms with Crippen molar-refractivity contribution in [2.45, 2.75) is 13.5 Å². The van der Waals surface area contributed by atoms with Crippen molar-refractivity contribution in [2.75, 3.05) is 0 Å². The van der Waals surface area contributed by atoms with Crippen LogP contribution in [0.5, 0.6) is 0 Å². The number of aromatic nitrogens is 1. The van der Waals surface area contributed by atoms with E-state index in [9.17, 15) is 0 Å². The number of benzene rings is 1. The fraction of sp³-hybridized carbons (Fsp3) is 0.133. The van der Waals surface area contributed by atoms with Crippen LogP contribution >= 0.6 is 0 Å². The van der Waals surface area contributed by atoms with Crippen molar-refractivity contribution in [3.63, 3.8) is 0 Å². The summed E-state index contributed by atoms with van der Waals surface area (Å²) in [7, 11) is 0. The SMILES string of the molecule is C=Cc1ccc(C[n+]2ccc(C)cc2)cc1. The number of hydrogen-bond acceptors (Lipinski definition) is 0. The average molecular weight is 210 g/mol. The van der Waals surface area contributed by atoms with Crippen molar-refractivity contribution < 1.29 is 4.57 Å². The lowest BCUT2D eigenvalue weighted by Gasteiger charge is -1.99. The third-order valence-electron chi connectivity index (χ3n) is 2.64. The van der Waals surface area contributed by atoms with E-state index in [2.05, 4.69) is 66.9 Å². The third kappa shape index (κ3) is 2.57. The molecule has 0 aliphatic rings. The van der Waals surface area contributed by atoms with E-state index in [4.69, 9.17) is 0 Å². The second kappa shape index (κ2) is 4.75. The van der Waals surface area contributed by atoms with E-state index in [1.807, 2.05) is 6.08 Å². The van der Waals surface area contributed by atoms with Crippen LogP contribution in [0.3, 0.4) is 0 Å². The molecule has 0 bridgehead atoms. The highest BCUT2D eigenvalue weighted by Crippen LogP contribution is 2.05. The molecular formula is C15H16N+. The van der Waals surface area contributed by atoms with Crippen molar-refractivity contribution in [1.82, 2.24) is 0 Å². The minimum Gasteiger partial charge on any atom is -0.201 e. The van der Waals surface area contributed by atoms with Crippen LogP contribution in [0.1, 0.15) is 16.7 Å². The van der Waals surface area contributed by atoms with E-state index < -0.39 is 0 Å². The Hall–Kier alpha value is -1.89. The molecule has 0 spiro atoms. The lowest BCUT2D eigenvalue weighted by molar-refractivity contribution is -0.688. The quantitative estimate of drug-likeness (QED) is 0.686. The van der Waals surface area contributed by atoms with Crippen LogP contribution in [-0.2, 0) is 6.54 Å². The summed E-state index contributed by atoms with van der Waals surface area (Å²) in [6.45, 7) is 6.76. The van der Waals surface area contributed by atoms with Gasteiger partial charge in [0.05, 0.1) is 0 Å². The van der Waals surface area contributed by atoms with E-state index in [0.717, 1.165) is 12.1 Å². The maximum Gasteiger partial charge on any atom is 0.173 e. The molecule has 16 heavy (non-hydrogen) atoms. The zero-order chi connectivity index (χ0) is 11.4. The van der Waals surface area contributed by atoms with Crippen LogP contribution in [0.2, 0.25) is 0 Å². The summed E-state index contributed by atoms with van der Waals surface area (Å²) in [6.07, 6.45) is 6.08. The molecule has 1 heterocycles. The molecule has 0 saturated carbocycles. The molecule has 0 amide bonds. The lowest BCUT2D eigenvalue weighted by Crippen LogP contribution is -2.33. The standard InChI is InChI=1S/C15H16N/c1-3-14-4-6-15(7-5-14)12-16-10-8-13(2)9-11-16/h3-11H,1,12H2,2H3/q+1. The third-order valence-corrected chi connectivity index (χ3v) is 2.64. The van der Waals surface area contributed by atoms with Gasteiger partial charge in [-0.25, -0.2) is 4.57 Å². The van der Waals surface area contributed by atoms with Gasteiger partial charge in [0.1, 0.15) is 0 Å². The van der Waals surface area contributed by atoms with Crippen molar-refractivity contribution in [3.05, 3.63) is 72.1 Å². The summed E-state index contributed by atoms with van der Waals surface area (Å²) >= 11 is 0. The first kappa shape index (κ1) is 10.6. The Kier molecular flexibility index (Phi) is 3.16. The van der Waals surface area contributed by atoms with E-state index in [1.165, 1.54) is 11.1 Å². The van der Waals surface area contributed by atoms with Crippen LogP contribution in [0.15, 0.2) is 55.4 Å². The van der Waals surface area contributed by atoms with Gasteiger partial charge in [0.15, 0.2) is 18.9 Å². The van der Waals surface area contributed by atoms with E-state index in [1.54, 1.807) is 0 Å². The summed E-state index contributed by atoms with van der Waals surface area (Å²) < 4.78 is 2.18. The molecule has 0 unspecified atom stereocenters. The Morgan fingerprint density at radius 3 is 2.25 bits per heavy atom. The van der Waals surface area contributed by atoms with Gasteiger partial charge in [-0.2, -0.15) is 0 Å². The summed E-state index contributed by atoms with van der Waals surface area (Å²) in [5.74, 6) is 0. The van der Waals surface area contributed by atoms with Gasteiger partial charge < -0.3 is 0 Å². The number of hydrogen-bond donors (Lipinski definition) is 0. The normalized spacial score (nSPS) is 10.1. The van der Waals surface area contributed by atoms with Crippen LogP contribution in [0.25, 0.3) is 6.08 Å². The van der Waals surface area contributed by atoms with Crippen LogP contribution in [0, 0.1) is 6.92 Å². The minimum atomic E-state index is 0.914. The Bertz CT molecular complexity index is 466. The Balaban J connectivity index is 2.14. The average Bonchev–Trinajstić information content (AvgIpc) is 2.33. The molecule has 0 fully saturated rings. The predicted octanol–water partition coefficient (Wildman–Crippen LogP) is 2.97. The van der Waals surface area contributed by atoms with Gasteiger partial charge in [-0.05, 0) is 18.1 Å². The first-order chi connectivity index (χ1) is 7.78. The molecule has 1 aromatic carbocycles. The molecule has 2 rings (SSSR count). The first-order valence-corrected chi connectivity index (χ1v) is 5.45. The molecular weight excluding hydrogens is 194 g/mol. The molecule has 80 valence electrons. The zero-order valence-corrected chi connectivity index (χ0v) is 9.56. The van der Waals surface area contributed by atoms with Gasteiger partial charge in [0.25, 0.3) is 0 Å². The molecule has 0 aliphatic carbocycles. The summed E-state index contributed by atoms with van der Waals surface area (Å²) in [5.41, 5.74) is 3.76. The number of rotatable bonds is 3. The fourth-order valence-electron chi connectivity index (χ4n) is 1.61. The molecule has 0 radical (unpaired) electrons. The fourth-order valence-corrected chi connectivity index (χ4v) is 1.61. The number of nitrogens with zero attached hydrogens (tertiary/aromatic N) is 1. The Morgan fingerprint density at radius 2 is 1.69 bits per heavy atom. The topological polar surface area (TPSA) is 3.88 Å². The van der Waals surface area contributed by atoms with Gasteiger partial charge in [0.2, 0.25) is 0 Å². The molecule has 1 nitrogen and oxygen atoms in total. The molecule has 0 atom stereocenters. The van der Waals surface area contributed by atoms with Crippen molar-refractivity contribution in [1.29, 1.82) is 0 Å². The smallest absolute Gasteiger partial charge is 0.173 e. The van der Waals surface area contributed by atoms with Crippen molar-refractivity contribution in [2.24, 2.45) is 0 Å². The maximum absolute atomic E-state index is 3.75. The molecule has 1 heteroatoms. The monoisotopic (exact) mass is 210 g/mol. The lowest BCUT2D eigenvalue weighted by atomic mass is 10.1. The molecule has 0 N–H and O–H groups in total. The second-order valence-corrected chi connectivity index (χ2v) is 3.99. The highest BCUT2D eigenvalue weighted by molar-refractivity contribution is 5.47. The summed E-state index contributed by atoms with van der Waals surface area (Å²) in [5, 5.41) is 0. The van der Waals surface area contributed by atoms with Crippen molar-refractivity contribution in [3.8, 4) is 0 Å². The zero-order valence-electron chi connectivity index (χ0n) is 9.56. The van der Waals surface area contributed by atoms with E-state index in [0.29, 0.717) is 0 Å². The highest BCUT2D eigenvalue weighted by Gasteiger charge is 2.01. The highest BCUT2D eigenvalue weighted by atomic mass is 14.9. The predicted molar refractivity (Wildman–Crippen MR) is 67.0 cm³/mol. The van der Waals surface area contributed by atoms with Gasteiger partial charge in [-0.15, -0.1) is 0 Å². The van der Waals surface area contributed by atoms with E-state index in [-0.39, 0.29) is 0 Å². The number of aryl methyl sites for hydroxylation is 1. The molecule has 0 aliphatic heterocycles. The number of pyridine rings is 1. The summed E-state index contributed by atoms with van der Waals surface area (Å²) in [6, 6.07) is 12.7. The first-order valence-electron chi connectivity index (χ1n) is 5.45. The molecule has 2 aromatic rings. The Labute approximate surface area is 96.7 Å².